The number of halogens is 3. The standard InChI is InChI=1S/C4HF3N2O4/c5-4(6,7)3(11)12-1-2(10)13-9-8-1/h1H. The third-order valence-corrected chi connectivity index (χ3v) is 0.935. The SMILES string of the molecule is O=C1ON=NC1OC(=O)C(F)(F)F. The van der Waals surface area contributed by atoms with Crippen LogP contribution in [0.25, 0.3) is 0 Å². The van der Waals surface area contributed by atoms with E-state index in [-0.39, 0.29) is 0 Å². The zero-order valence-corrected chi connectivity index (χ0v) is 5.74. The molecule has 1 heterocycles. The van der Waals surface area contributed by atoms with Gasteiger partial charge in [-0.1, -0.05) is 5.11 Å². The Labute approximate surface area is 68.3 Å². The van der Waals surface area contributed by atoms with Crippen LogP contribution in [0.5, 0.6) is 0 Å². The molecule has 1 rings (SSSR count). The molecule has 9 heteroatoms. The predicted octanol–water partition coefficient (Wildman–Crippen LogP) is 0.342. The molecule has 1 unspecified atom stereocenters. The lowest BCUT2D eigenvalue weighted by atomic mass is 10.6. The molecule has 6 nitrogen and oxygen atoms in total. The number of hydrogen-bond acceptors (Lipinski definition) is 6. The van der Waals surface area contributed by atoms with Gasteiger partial charge in [0.05, 0.1) is 0 Å². The van der Waals surface area contributed by atoms with Gasteiger partial charge in [-0.2, -0.15) is 13.2 Å². The van der Waals surface area contributed by atoms with Crippen molar-refractivity contribution in [1.29, 1.82) is 0 Å². The fourth-order valence-corrected chi connectivity index (χ4v) is 0.439. The summed E-state index contributed by atoms with van der Waals surface area (Å²) in [5.74, 6) is -3.78. The fourth-order valence-electron chi connectivity index (χ4n) is 0.439. The van der Waals surface area contributed by atoms with Gasteiger partial charge < -0.3 is 4.74 Å². The van der Waals surface area contributed by atoms with Crippen LogP contribution in [0.1, 0.15) is 0 Å². The van der Waals surface area contributed by atoms with Crippen LogP contribution in [0.15, 0.2) is 10.4 Å². The second kappa shape index (κ2) is 2.99. The summed E-state index contributed by atoms with van der Waals surface area (Å²) in [6.45, 7) is 0. The van der Waals surface area contributed by atoms with E-state index < -0.39 is 24.3 Å². The minimum absolute atomic E-state index is 1.27. The van der Waals surface area contributed by atoms with Crippen LogP contribution in [0.4, 0.5) is 13.2 Å². The normalized spacial score (nSPS) is 21.5. The molecule has 0 spiro atoms. The Hall–Kier alpha value is -1.67. The molecule has 0 aromatic carbocycles. The summed E-state index contributed by atoms with van der Waals surface area (Å²) in [6, 6.07) is 0. The van der Waals surface area contributed by atoms with Crippen molar-refractivity contribution in [2.45, 2.75) is 12.4 Å². The Morgan fingerprint density at radius 1 is 1.54 bits per heavy atom. The second-order valence-corrected chi connectivity index (χ2v) is 1.86. The molecule has 13 heavy (non-hydrogen) atoms. The lowest BCUT2D eigenvalue weighted by Gasteiger charge is -2.06. The van der Waals surface area contributed by atoms with E-state index in [0.717, 1.165) is 0 Å². The second-order valence-electron chi connectivity index (χ2n) is 1.86. The third kappa shape index (κ3) is 2.13. The van der Waals surface area contributed by atoms with Crippen molar-refractivity contribution >= 4 is 11.9 Å². The number of ether oxygens (including phenoxy) is 1. The number of hydrogen-bond donors (Lipinski definition) is 0. The molecule has 0 fully saturated rings. The molecular weight excluding hydrogens is 197 g/mol. The van der Waals surface area contributed by atoms with Gasteiger partial charge in [0.2, 0.25) is 0 Å². The minimum atomic E-state index is -5.17. The lowest BCUT2D eigenvalue weighted by Crippen LogP contribution is -2.31. The highest BCUT2D eigenvalue weighted by atomic mass is 19.4. The summed E-state index contributed by atoms with van der Waals surface area (Å²) < 4.78 is 38.2. The number of rotatable bonds is 1. The number of carbonyl (C=O) groups excluding carboxylic acids is 2. The smallest absolute Gasteiger partial charge is 0.419 e. The summed E-state index contributed by atoms with van der Waals surface area (Å²) in [6.07, 6.45) is -7.12. The zero-order valence-electron chi connectivity index (χ0n) is 5.74. The largest absolute Gasteiger partial charge is 0.491 e. The van der Waals surface area contributed by atoms with Crippen LogP contribution in [0.2, 0.25) is 0 Å². The Bertz CT molecular complexity index is 273. The summed E-state index contributed by atoms with van der Waals surface area (Å²) in [5, 5.41) is 5.39. The highest BCUT2D eigenvalue weighted by Crippen LogP contribution is 2.19. The summed E-state index contributed by atoms with van der Waals surface area (Å²) in [5.41, 5.74) is 0. The summed E-state index contributed by atoms with van der Waals surface area (Å²) in [4.78, 5) is 24.2. The van der Waals surface area contributed by atoms with Crippen LogP contribution in [0, 0.1) is 0 Å². The molecule has 0 saturated heterocycles. The van der Waals surface area contributed by atoms with E-state index in [1.54, 1.807) is 0 Å². The van der Waals surface area contributed by atoms with E-state index in [1.165, 1.54) is 0 Å². The highest BCUT2D eigenvalue weighted by molar-refractivity contribution is 5.81. The van der Waals surface area contributed by atoms with E-state index >= 15 is 0 Å². The third-order valence-electron chi connectivity index (χ3n) is 0.935. The summed E-state index contributed by atoms with van der Waals surface area (Å²) in [7, 11) is 0. The first-order valence-corrected chi connectivity index (χ1v) is 2.80. The molecule has 0 aromatic heterocycles. The molecular formula is C4HF3N2O4. The van der Waals surface area contributed by atoms with Gasteiger partial charge in [0, 0.05) is 5.28 Å². The fraction of sp³-hybridized carbons (Fsp3) is 0.500. The number of carbonyl (C=O) groups is 2. The van der Waals surface area contributed by atoms with Crippen LogP contribution in [-0.4, -0.2) is 24.3 Å². The maximum atomic E-state index is 11.5. The molecule has 0 aromatic rings. The predicted molar refractivity (Wildman–Crippen MR) is 26.9 cm³/mol. The molecule has 0 amide bonds. The molecule has 72 valence electrons. The van der Waals surface area contributed by atoms with Gasteiger partial charge in [0.25, 0.3) is 0 Å². The van der Waals surface area contributed by atoms with Crippen molar-refractivity contribution in [2.24, 2.45) is 10.4 Å². The van der Waals surface area contributed by atoms with Gasteiger partial charge in [-0.3, -0.25) is 4.84 Å². The van der Waals surface area contributed by atoms with Crippen LogP contribution < -0.4 is 0 Å². The molecule has 0 saturated carbocycles. The van der Waals surface area contributed by atoms with E-state index in [2.05, 4.69) is 20.0 Å². The number of esters is 1. The Balaban J connectivity index is 2.55. The van der Waals surface area contributed by atoms with Crippen molar-refractivity contribution in [3.63, 3.8) is 0 Å². The van der Waals surface area contributed by atoms with E-state index in [9.17, 15) is 22.8 Å². The molecule has 1 aliphatic rings. The van der Waals surface area contributed by atoms with Gasteiger partial charge in [0.15, 0.2) is 0 Å². The first kappa shape index (κ1) is 9.42. The van der Waals surface area contributed by atoms with E-state index in [4.69, 9.17) is 0 Å². The Morgan fingerprint density at radius 3 is 2.54 bits per heavy atom. The average molecular weight is 198 g/mol. The maximum absolute atomic E-state index is 11.5. The lowest BCUT2D eigenvalue weighted by molar-refractivity contribution is -0.205. The zero-order chi connectivity index (χ0) is 10.1. The molecule has 0 bridgehead atoms. The van der Waals surface area contributed by atoms with Crippen molar-refractivity contribution < 1.29 is 32.3 Å². The van der Waals surface area contributed by atoms with Gasteiger partial charge >= 0.3 is 24.3 Å². The minimum Gasteiger partial charge on any atom is -0.419 e. The van der Waals surface area contributed by atoms with Crippen molar-refractivity contribution in [3.05, 3.63) is 0 Å². The van der Waals surface area contributed by atoms with Crippen LogP contribution >= 0.6 is 0 Å². The van der Waals surface area contributed by atoms with Gasteiger partial charge in [-0.15, -0.1) is 0 Å². The van der Waals surface area contributed by atoms with Crippen LogP contribution in [-0.2, 0) is 19.2 Å². The Kier molecular flexibility index (Phi) is 2.17. The average Bonchev–Trinajstić information content (AvgIpc) is 2.34. The first-order chi connectivity index (χ1) is 5.91. The molecule has 0 N–H and O–H groups in total. The highest BCUT2D eigenvalue weighted by Gasteiger charge is 2.44. The van der Waals surface area contributed by atoms with Gasteiger partial charge in [0.1, 0.15) is 0 Å². The van der Waals surface area contributed by atoms with Gasteiger partial charge in [-0.25, -0.2) is 9.59 Å². The molecule has 1 atom stereocenters. The monoisotopic (exact) mass is 198 g/mol. The number of nitrogens with zero attached hydrogens (tertiary/aromatic N) is 2. The molecule has 0 radical (unpaired) electrons. The van der Waals surface area contributed by atoms with Crippen molar-refractivity contribution in [1.82, 2.24) is 0 Å². The quantitative estimate of drug-likeness (QED) is 0.569. The Morgan fingerprint density at radius 2 is 2.15 bits per heavy atom. The van der Waals surface area contributed by atoms with E-state index in [0.29, 0.717) is 0 Å². The van der Waals surface area contributed by atoms with Gasteiger partial charge in [-0.05, 0) is 0 Å². The summed E-state index contributed by atoms with van der Waals surface area (Å²) >= 11 is 0. The first-order valence-electron chi connectivity index (χ1n) is 2.80. The number of alkyl halides is 3. The van der Waals surface area contributed by atoms with Crippen molar-refractivity contribution in [3.8, 4) is 0 Å². The molecule has 1 aliphatic heterocycles. The topological polar surface area (TPSA) is 77.3 Å². The van der Waals surface area contributed by atoms with Crippen LogP contribution in [0.3, 0.4) is 0 Å². The van der Waals surface area contributed by atoms with E-state index in [1.807, 2.05) is 0 Å². The molecule has 0 aliphatic carbocycles. The maximum Gasteiger partial charge on any atom is 0.491 e. The van der Waals surface area contributed by atoms with Crippen molar-refractivity contribution in [2.75, 3.05) is 0 Å².